The second-order valence-electron chi connectivity index (χ2n) is 7.57. The van der Waals surface area contributed by atoms with Crippen molar-refractivity contribution in [1.82, 2.24) is 25.1 Å². The van der Waals surface area contributed by atoms with Crippen LogP contribution in [0.4, 0.5) is 0 Å². The number of nitrogens with one attached hydrogen (secondary N) is 1. The molecule has 1 N–H and O–H groups in total. The van der Waals surface area contributed by atoms with Crippen molar-refractivity contribution in [2.75, 3.05) is 5.75 Å². The fourth-order valence-corrected chi connectivity index (χ4v) is 4.49. The highest BCUT2D eigenvalue weighted by molar-refractivity contribution is 7.99. The normalized spacial score (nSPS) is 10.8. The molecule has 0 atom stereocenters. The topological polar surface area (TPSA) is 72.7 Å². The van der Waals surface area contributed by atoms with Crippen LogP contribution in [-0.2, 0) is 24.2 Å². The summed E-state index contributed by atoms with van der Waals surface area (Å²) in [6.45, 7) is 4.80. The van der Waals surface area contributed by atoms with Crippen LogP contribution in [0.25, 0.3) is 17.1 Å². The highest BCUT2D eigenvalue weighted by Crippen LogP contribution is 2.32. The van der Waals surface area contributed by atoms with Crippen molar-refractivity contribution in [2.45, 2.75) is 38.4 Å². The lowest BCUT2D eigenvalue weighted by molar-refractivity contribution is -0.118. The van der Waals surface area contributed by atoms with Crippen molar-refractivity contribution >= 4 is 17.7 Å². The third kappa shape index (κ3) is 5.31. The zero-order chi connectivity index (χ0) is 23.0. The Morgan fingerprint density at radius 1 is 0.939 bits per heavy atom. The average molecular weight is 458 g/mol. The number of pyridine rings is 1. The predicted octanol–water partition coefficient (Wildman–Crippen LogP) is 4.86. The number of aryl methyl sites for hydroxylation is 2. The van der Waals surface area contributed by atoms with E-state index in [-0.39, 0.29) is 11.7 Å². The van der Waals surface area contributed by atoms with Crippen LogP contribution < -0.4 is 5.32 Å². The molecule has 0 spiro atoms. The molecule has 0 aliphatic carbocycles. The summed E-state index contributed by atoms with van der Waals surface area (Å²) in [7, 11) is 0. The summed E-state index contributed by atoms with van der Waals surface area (Å²) in [6, 6.07) is 20.1. The number of thioether (sulfide) groups is 1. The molecule has 2 heterocycles. The summed E-state index contributed by atoms with van der Waals surface area (Å²) in [5.74, 6) is 0.944. The quantitative estimate of drug-likeness (QED) is 0.363. The van der Waals surface area contributed by atoms with Crippen molar-refractivity contribution in [3.8, 4) is 17.1 Å². The molecule has 0 aliphatic heterocycles. The number of nitrogens with zero attached hydrogens (tertiary/aromatic N) is 4. The van der Waals surface area contributed by atoms with Gasteiger partial charge < -0.3 is 5.32 Å². The number of rotatable bonds is 9. The molecule has 1 amide bonds. The molecule has 33 heavy (non-hydrogen) atoms. The van der Waals surface area contributed by atoms with Gasteiger partial charge in [0.2, 0.25) is 5.91 Å². The lowest BCUT2D eigenvalue weighted by Crippen LogP contribution is -2.24. The lowest BCUT2D eigenvalue weighted by Gasteiger charge is -2.18. The number of benzene rings is 2. The Labute approximate surface area is 198 Å². The van der Waals surface area contributed by atoms with Gasteiger partial charge in [-0.25, -0.2) is 0 Å². The number of hydrogen-bond acceptors (Lipinski definition) is 5. The third-order valence-corrected chi connectivity index (χ3v) is 6.34. The summed E-state index contributed by atoms with van der Waals surface area (Å²) in [5.41, 5.74) is 5.49. The van der Waals surface area contributed by atoms with Gasteiger partial charge in [0.15, 0.2) is 11.0 Å². The van der Waals surface area contributed by atoms with Crippen LogP contribution in [0.2, 0.25) is 0 Å². The van der Waals surface area contributed by atoms with E-state index in [0.717, 1.165) is 35.5 Å². The molecule has 0 unspecified atom stereocenters. The minimum absolute atomic E-state index is 0.0409. The van der Waals surface area contributed by atoms with Crippen molar-refractivity contribution in [1.29, 1.82) is 0 Å². The number of aromatic nitrogens is 4. The van der Waals surface area contributed by atoms with Gasteiger partial charge >= 0.3 is 0 Å². The molecule has 0 bridgehead atoms. The van der Waals surface area contributed by atoms with E-state index in [1.165, 1.54) is 22.9 Å². The molecule has 0 aliphatic rings. The fraction of sp³-hybridized carbons (Fsp3) is 0.231. The van der Waals surface area contributed by atoms with Crippen LogP contribution in [0, 0.1) is 0 Å². The van der Waals surface area contributed by atoms with Crippen molar-refractivity contribution in [2.24, 2.45) is 0 Å². The van der Waals surface area contributed by atoms with Gasteiger partial charge in [-0.05, 0) is 41.7 Å². The molecule has 0 saturated heterocycles. The minimum atomic E-state index is -0.0409. The molecular weight excluding hydrogens is 430 g/mol. The Bertz CT molecular complexity index is 1190. The maximum atomic E-state index is 12.6. The second kappa shape index (κ2) is 10.9. The molecule has 4 aromatic rings. The standard InChI is InChI=1S/C26H27N5OS/c1-3-20-12-8-13-21(4-2)24(20)31-25(22-14-9-15-27-17-22)29-30-26(31)33-18-23(32)28-16-19-10-6-5-7-11-19/h5-15,17H,3-4,16,18H2,1-2H3,(H,28,32). The molecule has 2 aromatic carbocycles. The van der Waals surface area contributed by atoms with E-state index in [2.05, 4.69) is 57.1 Å². The number of amides is 1. The van der Waals surface area contributed by atoms with E-state index >= 15 is 0 Å². The maximum Gasteiger partial charge on any atom is 0.230 e. The summed E-state index contributed by atoms with van der Waals surface area (Å²) >= 11 is 1.40. The van der Waals surface area contributed by atoms with Gasteiger partial charge in [-0.1, -0.05) is 74.1 Å². The van der Waals surface area contributed by atoms with Gasteiger partial charge in [-0.2, -0.15) is 0 Å². The van der Waals surface area contributed by atoms with Gasteiger partial charge in [0.05, 0.1) is 11.4 Å². The van der Waals surface area contributed by atoms with Gasteiger partial charge in [0.25, 0.3) is 0 Å². The highest BCUT2D eigenvalue weighted by Gasteiger charge is 2.21. The number of carbonyl (C=O) groups is 1. The summed E-state index contributed by atoms with van der Waals surface area (Å²) < 4.78 is 2.09. The molecule has 0 fully saturated rings. The highest BCUT2D eigenvalue weighted by atomic mass is 32.2. The maximum absolute atomic E-state index is 12.6. The van der Waals surface area contributed by atoms with Gasteiger partial charge in [-0.15, -0.1) is 10.2 Å². The van der Waals surface area contributed by atoms with Crippen LogP contribution in [0.1, 0.15) is 30.5 Å². The van der Waals surface area contributed by atoms with Crippen molar-refractivity contribution in [3.05, 3.63) is 89.7 Å². The number of carbonyl (C=O) groups excluding carboxylic acids is 1. The second-order valence-corrected chi connectivity index (χ2v) is 8.51. The first kappa shape index (κ1) is 22.7. The minimum Gasteiger partial charge on any atom is -0.351 e. The number of hydrogen-bond donors (Lipinski definition) is 1. The molecule has 6 nitrogen and oxygen atoms in total. The first-order chi connectivity index (χ1) is 16.2. The van der Waals surface area contributed by atoms with Gasteiger partial charge in [0.1, 0.15) is 0 Å². The first-order valence-electron chi connectivity index (χ1n) is 11.1. The SMILES string of the molecule is CCc1cccc(CC)c1-n1c(SCC(=O)NCc2ccccc2)nnc1-c1cccnc1. The average Bonchev–Trinajstić information content (AvgIpc) is 3.30. The number of para-hydroxylation sites is 1. The molecule has 4 rings (SSSR count). The molecular formula is C26H27N5OS. The van der Waals surface area contributed by atoms with E-state index in [1.54, 1.807) is 12.4 Å². The van der Waals surface area contributed by atoms with Crippen LogP contribution in [0.15, 0.2) is 78.2 Å². The van der Waals surface area contributed by atoms with Crippen LogP contribution in [0.3, 0.4) is 0 Å². The fourth-order valence-electron chi connectivity index (χ4n) is 3.73. The predicted molar refractivity (Wildman–Crippen MR) is 132 cm³/mol. The van der Waals surface area contributed by atoms with E-state index in [1.807, 2.05) is 42.5 Å². The van der Waals surface area contributed by atoms with Crippen LogP contribution in [0.5, 0.6) is 0 Å². The Balaban J connectivity index is 1.64. The van der Waals surface area contributed by atoms with Crippen molar-refractivity contribution in [3.63, 3.8) is 0 Å². The first-order valence-corrected chi connectivity index (χ1v) is 12.1. The Morgan fingerprint density at radius 2 is 1.70 bits per heavy atom. The third-order valence-electron chi connectivity index (χ3n) is 5.41. The largest absolute Gasteiger partial charge is 0.351 e. The Morgan fingerprint density at radius 3 is 2.36 bits per heavy atom. The summed E-state index contributed by atoms with van der Waals surface area (Å²) in [6.07, 6.45) is 5.31. The summed E-state index contributed by atoms with van der Waals surface area (Å²) in [5, 5.41) is 12.7. The van der Waals surface area contributed by atoms with Crippen molar-refractivity contribution < 1.29 is 4.79 Å². The monoisotopic (exact) mass is 457 g/mol. The Hall–Kier alpha value is -3.45. The zero-order valence-electron chi connectivity index (χ0n) is 18.9. The van der Waals surface area contributed by atoms with E-state index in [4.69, 9.17) is 0 Å². The molecule has 7 heteroatoms. The molecule has 0 radical (unpaired) electrons. The lowest BCUT2D eigenvalue weighted by atomic mass is 10.0. The van der Waals surface area contributed by atoms with Crippen LogP contribution in [-0.4, -0.2) is 31.4 Å². The molecule has 0 saturated carbocycles. The van der Waals surface area contributed by atoms with Gasteiger partial charge in [0, 0.05) is 24.5 Å². The molecule has 168 valence electrons. The van der Waals surface area contributed by atoms with Gasteiger partial charge in [-0.3, -0.25) is 14.3 Å². The summed E-state index contributed by atoms with van der Waals surface area (Å²) in [4.78, 5) is 16.8. The van der Waals surface area contributed by atoms with E-state index < -0.39 is 0 Å². The smallest absolute Gasteiger partial charge is 0.230 e. The Kier molecular flexibility index (Phi) is 7.52. The van der Waals surface area contributed by atoms with E-state index in [9.17, 15) is 4.79 Å². The zero-order valence-corrected chi connectivity index (χ0v) is 19.7. The molecule has 2 aromatic heterocycles. The van der Waals surface area contributed by atoms with E-state index in [0.29, 0.717) is 11.7 Å². The van der Waals surface area contributed by atoms with Crippen LogP contribution >= 0.6 is 11.8 Å².